The predicted octanol–water partition coefficient (Wildman–Crippen LogP) is 6.41. The third-order valence-corrected chi connectivity index (χ3v) is 6.92. The summed E-state index contributed by atoms with van der Waals surface area (Å²) >= 11 is 0. The first-order chi connectivity index (χ1) is 16.5. The maximum atomic E-state index is 12.8. The van der Waals surface area contributed by atoms with Crippen LogP contribution in [0.4, 0.5) is 5.69 Å². The number of ketones is 1. The predicted molar refractivity (Wildman–Crippen MR) is 141 cm³/mol. The van der Waals surface area contributed by atoms with Crippen molar-refractivity contribution in [3.05, 3.63) is 53.2 Å². The minimum atomic E-state index is -0.457. The lowest BCUT2D eigenvalue weighted by molar-refractivity contribution is 0.0155. The van der Waals surface area contributed by atoms with E-state index in [4.69, 9.17) is 9.47 Å². The third kappa shape index (κ3) is 6.23. The highest BCUT2D eigenvalue weighted by atomic mass is 16.7. The molecule has 6 nitrogen and oxygen atoms in total. The van der Waals surface area contributed by atoms with E-state index in [9.17, 15) is 9.90 Å². The molecule has 1 aliphatic carbocycles. The number of carbonyl (C=O) groups is 1. The van der Waals surface area contributed by atoms with Gasteiger partial charge in [0.2, 0.25) is 6.79 Å². The van der Waals surface area contributed by atoms with Crippen LogP contribution in [0.2, 0.25) is 0 Å². The van der Waals surface area contributed by atoms with Crippen LogP contribution in [0, 0.1) is 24.7 Å². The third-order valence-electron chi connectivity index (χ3n) is 6.92. The molecule has 0 saturated heterocycles. The Morgan fingerprint density at radius 1 is 1.23 bits per heavy atom. The van der Waals surface area contributed by atoms with Gasteiger partial charge in [-0.1, -0.05) is 46.4 Å². The number of hydrogen-bond donors (Lipinski definition) is 2. The van der Waals surface area contributed by atoms with E-state index in [1.54, 1.807) is 6.20 Å². The van der Waals surface area contributed by atoms with E-state index >= 15 is 0 Å². The molecule has 190 valence electrons. The summed E-state index contributed by atoms with van der Waals surface area (Å²) in [6.45, 7) is 18.1. The van der Waals surface area contributed by atoms with E-state index < -0.39 is 5.60 Å². The van der Waals surface area contributed by atoms with Crippen LogP contribution in [0.5, 0.6) is 11.6 Å². The van der Waals surface area contributed by atoms with Crippen LogP contribution >= 0.6 is 0 Å². The van der Waals surface area contributed by atoms with E-state index in [1.807, 2.05) is 52.8 Å². The van der Waals surface area contributed by atoms with Crippen LogP contribution in [-0.2, 0) is 6.42 Å². The summed E-state index contributed by atoms with van der Waals surface area (Å²) in [7, 11) is 0. The maximum Gasteiger partial charge on any atom is 0.260 e. The van der Waals surface area contributed by atoms with Crippen molar-refractivity contribution in [2.24, 2.45) is 17.8 Å². The van der Waals surface area contributed by atoms with E-state index in [1.165, 1.54) is 12.8 Å². The first-order valence-electron chi connectivity index (χ1n) is 12.6. The van der Waals surface area contributed by atoms with Gasteiger partial charge < -0.3 is 19.9 Å². The van der Waals surface area contributed by atoms with Gasteiger partial charge in [0.15, 0.2) is 11.5 Å². The van der Waals surface area contributed by atoms with Gasteiger partial charge >= 0.3 is 0 Å². The monoisotopic (exact) mass is 480 g/mol. The Bertz CT molecular complexity index is 1080. The molecule has 1 fully saturated rings. The number of hydrogen-bond acceptors (Lipinski definition) is 6. The molecule has 1 aromatic heterocycles. The highest BCUT2D eigenvalue weighted by Gasteiger charge is 2.36. The lowest BCUT2D eigenvalue weighted by Gasteiger charge is -2.25. The molecule has 35 heavy (non-hydrogen) atoms. The van der Waals surface area contributed by atoms with Crippen LogP contribution in [0.25, 0.3) is 5.70 Å². The highest BCUT2D eigenvalue weighted by molar-refractivity contribution is 6.05. The van der Waals surface area contributed by atoms with Gasteiger partial charge in [-0.15, -0.1) is 0 Å². The summed E-state index contributed by atoms with van der Waals surface area (Å²) in [5.74, 6) is 2.39. The second kappa shape index (κ2) is 10.8. The molecule has 1 aliphatic heterocycles. The van der Waals surface area contributed by atoms with Gasteiger partial charge in [0, 0.05) is 34.6 Å². The summed E-state index contributed by atoms with van der Waals surface area (Å²) in [5.41, 5.74) is 4.45. The number of benzene rings is 1. The molecule has 0 spiro atoms. The zero-order valence-corrected chi connectivity index (χ0v) is 22.2. The molecule has 2 N–H and O–H groups in total. The second-order valence-corrected chi connectivity index (χ2v) is 10.5. The summed E-state index contributed by atoms with van der Waals surface area (Å²) in [5, 5.41) is 12.8. The number of aromatic nitrogens is 1. The van der Waals surface area contributed by atoms with Gasteiger partial charge in [-0.05, 0) is 69.1 Å². The number of aliphatic hydroxyl groups is 1. The van der Waals surface area contributed by atoms with Crippen molar-refractivity contribution in [2.45, 2.75) is 73.3 Å². The molecule has 2 aliphatic rings. The fourth-order valence-electron chi connectivity index (χ4n) is 4.30. The molecule has 0 amide bonds. The van der Waals surface area contributed by atoms with Crippen LogP contribution in [0.3, 0.4) is 0 Å². The highest BCUT2D eigenvalue weighted by Crippen LogP contribution is 2.41. The molecule has 0 radical (unpaired) electrons. The maximum absolute atomic E-state index is 12.8. The van der Waals surface area contributed by atoms with Crippen molar-refractivity contribution in [3.63, 3.8) is 0 Å². The standard InChI is InChI=1S/C21H24N2O3.C8H16O/c1-6-15-8-7-9-16(18(15)19(24)12(2)3)23-14(5)17-13(4)10-22-21-20(17)25-11-26-21;1-6(7-4-5-7)8(2,3)9/h7-10,12,23H,5-6,11H2,1-4H3;6-7,9H,4-5H2,1-3H3. The number of rotatable bonds is 8. The average Bonchev–Trinajstić information content (AvgIpc) is 3.54. The van der Waals surface area contributed by atoms with E-state index in [2.05, 4.69) is 30.7 Å². The van der Waals surface area contributed by atoms with Crippen molar-refractivity contribution in [1.82, 2.24) is 4.98 Å². The van der Waals surface area contributed by atoms with Crippen molar-refractivity contribution in [3.8, 4) is 11.6 Å². The van der Waals surface area contributed by atoms with Crippen molar-refractivity contribution in [2.75, 3.05) is 12.1 Å². The number of fused-ring (bicyclic) bond motifs is 1. The summed E-state index contributed by atoms with van der Waals surface area (Å²) in [6.07, 6.45) is 5.17. The van der Waals surface area contributed by atoms with Gasteiger partial charge in [0.05, 0.1) is 5.60 Å². The molecule has 6 heteroatoms. The number of aryl methyl sites for hydroxylation is 2. The first-order valence-corrected chi connectivity index (χ1v) is 12.6. The lowest BCUT2D eigenvalue weighted by atomic mass is 9.89. The van der Waals surface area contributed by atoms with Crippen molar-refractivity contribution in [1.29, 1.82) is 0 Å². The van der Waals surface area contributed by atoms with Gasteiger partial charge in [0.25, 0.3) is 5.88 Å². The minimum Gasteiger partial charge on any atom is -0.451 e. The summed E-state index contributed by atoms with van der Waals surface area (Å²) < 4.78 is 10.9. The molecule has 2 heterocycles. The molecule has 1 saturated carbocycles. The molecule has 2 aromatic rings. The molecule has 0 bridgehead atoms. The molecule has 1 atom stereocenters. The van der Waals surface area contributed by atoms with E-state index in [0.29, 0.717) is 23.2 Å². The SMILES string of the molecule is C=C(Nc1cccc(CC)c1C(=O)C(C)C)c1c(C)cnc2c1OCO2.CC(C1CC1)C(C)(C)O. The quantitative estimate of drug-likeness (QED) is 0.425. The largest absolute Gasteiger partial charge is 0.451 e. The zero-order valence-electron chi connectivity index (χ0n) is 22.2. The van der Waals surface area contributed by atoms with E-state index in [0.717, 1.165) is 40.3 Å². The number of ether oxygens (including phenoxy) is 2. The first kappa shape index (κ1) is 26.7. The topological polar surface area (TPSA) is 80.7 Å². The van der Waals surface area contributed by atoms with Gasteiger partial charge in [-0.3, -0.25) is 4.79 Å². The minimum absolute atomic E-state index is 0.0832. The Morgan fingerprint density at radius 2 is 1.91 bits per heavy atom. The average molecular weight is 481 g/mol. The Kier molecular flexibility index (Phi) is 8.26. The van der Waals surface area contributed by atoms with Crippen molar-refractivity contribution >= 4 is 17.2 Å². The number of anilines is 1. The van der Waals surface area contributed by atoms with Crippen LogP contribution < -0.4 is 14.8 Å². The summed E-state index contributed by atoms with van der Waals surface area (Å²) in [4.78, 5) is 17.0. The lowest BCUT2D eigenvalue weighted by Crippen LogP contribution is -2.29. The van der Waals surface area contributed by atoms with Crippen LogP contribution in [0.15, 0.2) is 31.0 Å². The molecular formula is C29H40N2O4. The number of carbonyl (C=O) groups excluding carboxylic acids is 1. The number of nitrogens with one attached hydrogen (secondary N) is 1. The van der Waals surface area contributed by atoms with Gasteiger partial charge in [0.1, 0.15) is 0 Å². The Morgan fingerprint density at radius 3 is 2.46 bits per heavy atom. The second-order valence-electron chi connectivity index (χ2n) is 10.5. The Labute approximate surface area is 209 Å². The molecule has 4 rings (SSSR count). The Balaban J connectivity index is 0.000000320. The normalized spacial score (nSPS) is 15.3. The van der Waals surface area contributed by atoms with Crippen LogP contribution in [0.1, 0.15) is 81.4 Å². The zero-order chi connectivity index (χ0) is 25.9. The van der Waals surface area contributed by atoms with E-state index in [-0.39, 0.29) is 18.5 Å². The molecule has 1 aromatic carbocycles. The molecular weight excluding hydrogens is 440 g/mol. The summed E-state index contributed by atoms with van der Waals surface area (Å²) in [6, 6.07) is 5.86. The number of pyridine rings is 1. The Hall–Kier alpha value is -2.86. The molecule has 1 unspecified atom stereocenters. The smallest absolute Gasteiger partial charge is 0.260 e. The van der Waals surface area contributed by atoms with Crippen LogP contribution in [-0.4, -0.2) is 28.3 Å². The van der Waals surface area contributed by atoms with Gasteiger partial charge in [-0.25, -0.2) is 4.98 Å². The fraction of sp³-hybridized carbons (Fsp3) is 0.517. The fourth-order valence-corrected chi connectivity index (χ4v) is 4.30. The van der Waals surface area contributed by atoms with Gasteiger partial charge in [-0.2, -0.15) is 0 Å². The van der Waals surface area contributed by atoms with Crippen molar-refractivity contribution < 1.29 is 19.4 Å². The number of Topliss-reactive ketones (excluding diaryl/α,β-unsaturated/α-hetero) is 1. The number of nitrogens with zero attached hydrogens (tertiary/aromatic N) is 1.